The number of hydrogen-bond donors (Lipinski definition) is 2. The van der Waals surface area contributed by atoms with E-state index in [2.05, 4.69) is 10.3 Å². The minimum atomic E-state index is -0.344. The van der Waals surface area contributed by atoms with Gasteiger partial charge in [-0.05, 0) is 12.8 Å². The lowest BCUT2D eigenvalue weighted by Gasteiger charge is -2.00. The van der Waals surface area contributed by atoms with Gasteiger partial charge in [0.05, 0.1) is 0 Å². The Morgan fingerprint density at radius 2 is 2.30 bits per heavy atom. The third-order valence-electron chi connectivity index (χ3n) is 0.903. The molecule has 0 saturated heterocycles. The first-order valence-electron chi connectivity index (χ1n) is 3.28. The van der Waals surface area contributed by atoms with Crippen molar-refractivity contribution in [3.63, 3.8) is 0 Å². The van der Waals surface area contributed by atoms with Crippen molar-refractivity contribution in [2.75, 3.05) is 13.2 Å². The van der Waals surface area contributed by atoms with E-state index >= 15 is 0 Å². The Kier molecular flexibility index (Phi) is 6.11. The maximum absolute atomic E-state index is 10.1. The fraction of sp³-hybridized carbons (Fsp3) is 0.833. The fourth-order valence-electron chi connectivity index (χ4n) is 0.462. The molecule has 0 aromatic heterocycles. The molecule has 0 saturated carbocycles. The first-order chi connectivity index (χ1) is 4.77. The Hall–Kier alpha value is -0.610. The van der Waals surface area contributed by atoms with E-state index in [0.29, 0.717) is 6.54 Å². The predicted octanol–water partition coefficient (Wildman–Crippen LogP) is -0.173. The largest absolute Gasteiger partial charge is 0.396 e. The van der Waals surface area contributed by atoms with Gasteiger partial charge in [-0.15, -0.1) is 0 Å². The molecule has 0 spiro atoms. The molecule has 10 heavy (non-hydrogen) atoms. The van der Waals surface area contributed by atoms with Crippen LogP contribution in [0.5, 0.6) is 0 Å². The molecule has 60 valence electrons. The van der Waals surface area contributed by atoms with Crippen molar-refractivity contribution in [3.8, 4) is 0 Å². The maximum atomic E-state index is 10.1. The summed E-state index contributed by atoms with van der Waals surface area (Å²) in [6, 6.07) is 0. The van der Waals surface area contributed by atoms with E-state index in [1.54, 1.807) is 0 Å². The van der Waals surface area contributed by atoms with Crippen LogP contribution in [0.2, 0.25) is 0 Å². The van der Waals surface area contributed by atoms with Crippen molar-refractivity contribution >= 4 is 5.97 Å². The zero-order chi connectivity index (χ0) is 7.82. The van der Waals surface area contributed by atoms with Gasteiger partial charge in [0, 0.05) is 20.1 Å². The Morgan fingerprint density at radius 1 is 1.60 bits per heavy atom. The molecule has 0 rings (SSSR count). The fourth-order valence-corrected chi connectivity index (χ4v) is 0.462. The highest BCUT2D eigenvalue weighted by molar-refractivity contribution is 5.65. The number of carbonyl (C=O) groups excluding carboxylic acids is 1. The van der Waals surface area contributed by atoms with Gasteiger partial charge in [0.15, 0.2) is 0 Å². The first kappa shape index (κ1) is 9.39. The first-order valence-corrected chi connectivity index (χ1v) is 3.28. The lowest BCUT2D eigenvalue weighted by Crippen LogP contribution is -2.19. The number of hydrogen-bond acceptors (Lipinski definition) is 4. The zero-order valence-electron chi connectivity index (χ0n) is 6.09. The van der Waals surface area contributed by atoms with Gasteiger partial charge in [-0.25, -0.2) is 0 Å². The molecule has 0 aromatic rings. The van der Waals surface area contributed by atoms with E-state index in [0.717, 1.165) is 12.8 Å². The van der Waals surface area contributed by atoms with Crippen LogP contribution < -0.4 is 5.48 Å². The van der Waals surface area contributed by atoms with Gasteiger partial charge in [-0.2, -0.15) is 5.48 Å². The number of aliphatic hydroxyl groups is 1. The molecule has 0 atom stereocenters. The summed E-state index contributed by atoms with van der Waals surface area (Å²) < 4.78 is 0. The van der Waals surface area contributed by atoms with Crippen LogP contribution in [0.25, 0.3) is 0 Å². The van der Waals surface area contributed by atoms with Crippen LogP contribution in [0.1, 0.15) is 19.8 Å². The summed E-state index contributed by atoms with van der Waals surface area (Å²) in [5.41, 5.74) is 2.46. The standard InChI is InChI=1S/C6H13NO3/c1-6(9)10-7-4-2-3-5-8/h7-8H,2-5H2,1H3. The van der Waals surface area contributed by atoms with Crippen molar-refractivity contribution in [2.24, 2.45) is 0 Å². The van der Waals surface area contributed by atoms with E-state index in [1.807, 2.05) is 0 Å². The van der Waals surface area contributed by atoms with Gasteiger partial charge < -0.3 is 9.94 Å². The second kappa shape index (κ2) is 6.51. The van der Waals surface area contributed by atoms with Crippen LogP contribution in [-0.2, 0) is 9.63 Å². The van der Waals surface area contributed by atoms with Gasteiger partial charge in [0.25, 0.3) is 0 Å². The van der Waals surface area contributed by atoms with E-state index in [-0.39, 0.29) is 12.6 Å². The summed E-state index contributed by atoms with van der Waals surface area (Å²) in [4.78, 5) is 14.6. The topological polar surface area (TPSA) is 58.6 Å². The van der Waals surface area contributed by atoms with Crippen LogP contribution in [0, 0.1) is 0 Å². The Labute approximate surface area is 60.1 Å². The third-order valence-corrected chi connectivity index (χ3v) is 0.903. The Morgan fingerprint density at radius 3 is 2.80 bits per heavy atom. The maximum Gasteiger partial charge on any atom is 0.321 e. The molecule has 0 radical (unpaired) electrons. The molecule has 0 aromatic carbocycles. The summed E-state index contributed by atoms with van der Waals surface area (Å²) in [5.74, 6) is -0.344. The number of nitrogens with one attached hydrogen (secondary N) is 1. The number of unbranched alkanes of at least 4 members (excludes halogenated alkanes) is 1. The molecule has 0 aliphatic rings. The lowest BCUT2D eigenvalue weighted by molar-refractivity contribution is -0.148. The molecule has 0 aliphatic carbocycles. The smallest absolute Gasteiger partial charge is 0.321 e. The molecule has 0 fully saturated rings. The minimum Gasteiger partial charge on any atom is -0.396 e. The average Bonchev–Trinajstić information content (AvgIpc) is 1.87. The van der Waals surface area contributed by atoms with Crippen molar-refractivity contribution in [3.05, 3.63) is 0 Å². The Bertz CT molecular complexity index is 95.0. The Balaban J connectivity index is 2.84. The van der Waals surface area contributed by atoms with Crippen molar-refractivity contribution in [2.45, 2.75) is 19.8 Å². The quantitative estimate of drug-likeness (QED) is 0.418. The van der Waals surface area contributed by atoms with E-state index in [9.17, 15) is 4.79 Å². The van der Waals surface area contributed by atoms with Crippen LogP contribution >= 0.6 is 0 Å². The van der Waals surface area contributed by atoms with Crippen LogP contribution in [0.15, 0.2) is 0 Å². The molecular weight excluding hydrogens is 134 g/mol. The predicted molar refractivity (Wildman–Crippen MR) is 36.1 cm³/mol. The van der Waals surface area contributed by atoms with Gasteiger partial charge in [-0.1, -0.05) is 0 Å². The molecular formula is C6H13NO3. The number of rotatable bonds is 5. The number of hydroxylamine groups is 1. The monoisotopic (exact) mass is 147 g/mol. The highest BCUT2D eigenvalue weighted by atomic mass is 16.7. The van der Waals surface area contributed by atoms with Gasteiger partial charge >= 0.3 is 5.97 Å². The third kappa shape index (κ3) is 7.39. The molecule has 0 unspecified atom stereocenters. The van der Waals surface area contributed by atoms with Crippen LogP contribution in [0.4, 0.5) is 0 Å². The van der Waals surface area contributed by atoms with Gasteiger partial charge in [-0.3, -0.25) is 4.79 Å². The molecule has 0 bridgehead atoms. The van der Waals surface area contributed by atoms with Gasteiger partial charge in [0.1, 0.15) is 0 Å². The van der Waals surface area contributed by atoms with Crippen LogP contribution in [0.3, 0.4) is 0 Å². The summed E-state index contributed by atoms with van der Waals surface area (Å²) in [6.07, 6.45) is 1.54. The molecule has 4 heteroatoms. The molecule has 2 N–H and O–H groups in total. The highest BCUT2D eigenvalue weighted by Crippen LogP contribution is 1.83. The second-order valence-electron chi connectivity index (χ2n) is 1.92. The summed E-state index contributed by atoms with van der Waals surface area (Å²) in [5, 5.41) is 8.34. The van der Waals surface area contributed by atoms with E-state index in [1.165, 1.54) is 6.92 Å². The van der Waals surface area contributed by atoms with E-state index < -0.39 is 0 Å². The normalized spacial score (nSPS) is 9.40. The summed E-state index contributed by atoms with van der Waals surface area (Å²) >= 11 is 0. The van der Waals surface area contributed by atoms with Crippen molar-refractivity contribution in [1.82, 2.24) is 5.48 Å². The van der Waals surface area contributed by atoms with Gasteiger partial charge in [0.2, 0.25) is 0 Å². The molecule has 0 amide bonds. The molecule has 0 aliphatic heterocycles. The summed E-state index contributed by atoms with van der Waals surface area (Å²) in [7, 11) is 0. The van der Waals surface area contributed by atoms with Crippen molar-refractivity contribution < 1.29 is 14.7 Å². The van der Waals surface area contributed by atoms with Crippen LogP contribution in [-0.4, -0.2) is 24.2 Å². The highest BCUT2D eigenvalue weighted by Gasteiger charge is 1.90. The zero-order valence-corrected chi connectivity index (χ0v) is 6.09. The average molecular weight is 147 g/mol. The number of carbonyl (C=O) groups is 1. The minimum absolute atomic E-state index is 0.182. The number of aliphatic hydroxyl groups excluding tert-OH is 1. The van der Waals surface area contributed by atoms with Crippen molar-refractivity contribution in [1.29, 1.82) is 0 Å². The lowest BCUT2D eigenvalue weighted by atomic mass is 10.3. The molecule has 0 heterocycles. The summed E-state index contributed by atoms with van der Waals surface area (Å²) in [6.45, 7) is 2.11. The van der Waals surface area contributed by atoms with E-state index in [4.69, 9.17) is 5.11 Å². The SMILES string of the molecule is CC(=O)ONCCCCO. The molecule has 4 nitrogen and oxygen atoms in total. The second-order valence-corrected chi connectivity index (χ2v) is 1.92.